The summed E-state index contributed by atoms with van der Waals surface area (Å²) in [6.45, 7) is 6.83. The minimum atomic E-state index is -1.01. The van der Waals surface area contributed by atoms with Crippen LogP contribution in [0.2, 0.25) is 0 Å². The summed E-state index contributed by atoms with van der Waals surface area (Å²) in [5, 5.41) is 12.9. The molecule has 2 N–H and O–H groups in total. The number of carboxylic acids is 1. The molecule has 0 saturated heterocycles. The number of rotatable bonds is 7. The van der Waals surface area contributed by atoms with E-state index in [0.717, 1.165) is 22.3 Å². The quantitative estimate of drug-likeness (QED) is 0.365. The summed E-state index contributed by atoms with van der Waals surface area (Å²) < 4.78 is 12.5. The zero-order valence-electron chi connectivity index (χ0n) is 22.0. The zero-order chi connectivity index (χ0) is 27.1. The predicted molar refractivity (Wildman–Crippen MR) is 146 cm³/mol. The Labute approximate surface area is 220 Å². The average molecular weight is 515 g/mol. The van der Waals surface area contributed by atoms with Gasteiger partial charge in [0.1, 0.15) is 11.5 Å². The maximum atomic E-state index is 13.6. The molecule has 5 rings (SSSR count). The number of aromatic carboxylic acids is 1. The third kappa shape index (κ3) is 4.30. The van der Waals surface area contributed by atoms with E-state index in [9.17, 15) is 14.7 Å². The lowest BCUT2D eigenvalue weighted by Crippen LogP contribution is -2.27. The van der Waals surface area contributed by atoms with Crippen molar-refractivity contribution in [3.8, 4) is 11.5 Å². The van der Waals surface area contributed by atoms with Gasteiger partial charge in [-0.25, -0.2) is 9.78 Å². The van der Waals surface area contributed by atoms with Crippen molar-refractivity contribution in [1.29, 1.82) is 0 Å². The monoisotopic (exact) mass is 514 g/mol. The molecule has 0 fully saturated rings. The van der Waals surface area contributed by atoms with Crippen molar-refractivity contribution >= 4 is 23.1 Å². The second-order valence-corrected chi connectivity index (χ2v) is 9.58. The fraction of sp³-hybridized carbons (Fsp3) is 0.276. The number of fused-ring (bicyclic) bond motifs is 2. The Morgan fingerprint density at radius 2 is 1.68 bits per heavy atom. The number of carboxylic acid groups (broad SMARTS) is 1. The summed E-state index contributed by atoms with van der Waals surface area (Å²) in [6, 6.07) is 12.4. The van der Waals surface area contributed by atoms with Gasteiger partial charge in [-0.1, -0.05) is 12.1 Å². The second-order valence-electron chi connectivity index (χ2n) is 9.58. The summed E-state index contributed by atoms with van der Waals surface area (Å²) in [6.07, 6.45) is 1.79. The molecule has 38 heavy (non-hydrogen) atoms. The molecule has 1 atom stereocenters. The van der Waals surface area contributed by atoms with Gasteiger partial charge in [-0.2, -0.15) is 0 Å². The first-order chi connectivity index (χ1) is 18.2. The van der Waals surface area contributed by atoms with E-state index in [4.69, 9.17) is 14.5 Å². The van der Waals surface area contributed by atoms with Crippen molar-refractivity contribution in [3.63, 3.8) is 0 Å². The van der Waals surface area contributed by atoms with Crippen molar-refractivity contribution < 1.29 is 19.4 Å². The van der Waals surface area contributed by atoms with Gasteiger partial charge in [0, 0.05) is 30.5 Å². The minimum Gasteiger partial charge on any atom is -0.493 e. The Morgan fingerprint density at radius 1 is 1.05 bits per heavy atom. The molecule has 3 heterocycles. The Balaban J connectivity index is 1.58. The number of aromatic nitrogens is 2. The lowest BCUT2D eigenvalue weighted by molar-refractivity contribution is 0.0698. The lowest BCUT2D eigenvalue weighted by Gasteiger charge is -2.23. The maximum absolute atomic E-state index is 13.6. The summed E-state index contributed by atoms with van der Waals surface area (Å²) >= 11 is 0. The number of aryl methyl sites for hydroxylation is 1. The smallest absolute Gasteiger partial charge is 0.337 e. The molecule has 1 unspecified atom stereocenters. The van der Waals surface area contributed by atoms with E-state index >= 15 is 0 Å². The van der Waals surface area contributed by atoms with Crippen LogP contribution >= 0.6 is 0 Å². The number of hydrogen-bond acceptors (Lipinski definition) is 7. The third-order valence-corrected chi connectivity index (χ3v) is 7.01. The first-order valence-corrected chi connectivity index (χ1v) is 12.3. The van der Waals surface area contributed by atoms with Gasteiger partial charge in [0.05, 0.1) is 31.4 Å². The van der Waals surface area contributed by atoms with Crippen LogP contribution in [-0.4, -0.2) is 34.7 Å². The average Bonchev–Trinajstić information content (AvgIpc) is 3.32. The van der Waals surface area contributed by atoms with Gasteiger partial charge >= 0.3 is 5.97 Å². The van der Waals surface area contributed by atoms with Crippen LogP contribution in [0, 0.1) is 13.8 Å². The number of nitrogens with zero attached hydrogens (tertiary/aromatic N) is 3. The highest BCUT2D eigenvalue weighted by Gasteiger charge is 2.26. The number of carbonyl (C=O) groups is 1. The first kappa shape index (κ1) is 25.1. The Hall–Kier alpha value is -4.53. The van der Waals surface area contributed by atoms with Crippen LogP contribution in [0.3, 0.4) is 0 Å². The predicted octanol–water partition coefficient (Wildman–Crippen LogP) is 4.72. The number of para-hydroxylation sites is 1. The highest BCUT2D eigenvalue weighted by atomic mass is 16.5. The van der Waals surface area contributed by atoms with Crippen LogP contribution in [0.5, 0.6) is 11.5 Å². The van der Waals surface area contributed by atoms with Crippen LogP contribution in [-0.2, 0) is 13.1 Å². The van der Waals surface area contributed by atoms with E-state index in [-0.39, 0.29) is 17.2 Å². The van der Waals surface area contributed by atoms with E-state index in [1.54, 1.807) is 56.0 Å². The SMILES string of the molecule is COc1cc2c(cc1OC)CN(c1nc3c(C(C)Nc4ccccc4C(=O)O)cc(C)cn3c(=O)c1C)C2. The fourth-order valence-electron chi connectivity index (χ4n) is 5.09. The van der Waals surface area contributed by atoms with E-state index in [1.165, 1.54) is 0 Å². The van der Waals surface area contributed by atoms with Crippen molar-refractivity contribution in [3.05, 3.63) is 92.4 Å². The Bertz CT molecular complexity index is 1600. The minimum absolute atomic E-state index is 0.140. The molecule has 0 spiro atoms. The number of benzene rings is 2. The van der Waals surface area contributed by atoms with Crippen molar-refractivity contribution in [2.45, 2.75) is 39.9 Å². The highest BCUT2D eigenvalue weighted by molar-refractivity contribution is 5.94. The highest BCUT2D eigenvalue weighted by Crippen LogP contribution is 2.37. The Kier molecular flexibility index (Phi) is 6.44. The summed E-state index contributed by atoms with van der Waals surface area (Å²) in [4.78, 5) is 32.4. The van der Waals surface area contributed by atoms with Crippen LogP contribution in [0.25, 0.3) is 5.65 Å². The molecular formula is C29H30N4O5. The van der Waals surface area contributed by atoms with Crippen molar-refractivity contribution in [2.75, 3.05) is 24.4 Å². The van der Waals surface area contributed by atoms with Gasteiger partial charge in [0.15, 0.2) is 11.5 Å². The van der Waals surface area contributed by atoms with E-state index in [0.29, 0.717) is 47.3 Å². The molecule has 4 aromatic rings. The number of anilines is 2. The van der Waals surface area contributed by atoms with Crippen LogP contribution in [0.1, 0.15) is 51.1 Å². The Morgan fingerprint density at radius 3 is 2.29 bits per heavy atom. The summed E-state index contributed by atoms with van der Waals surface area (Å²) in [5.74, 6) is 0.933. The maximum Gasteiger partial charge on any atom is 0.337 e. The van der Waals surface area contributed by atoms with Gasteiger partial charge < -0.3 is 24.8 Å². The van der Waals surface area contributed by atoms with Gasteiger partial charge in [-0.05, 0) is 67.8 Å². The molecule has 0 amide bonds. The zero-order valence-corrected chi connectivity index (χ0v) is 22.0. The normalized spacial score (nSPS) is 13.3. The number of methoxy groups -OCH3 is 2. The van der Waals surface area contributed by atoms with Crippen LogP contribution in [0.4, 0.5) is 11.5 Å². The van der Waals surface area contributed by atoms with Crippen molar-refractivity contribution in [2.24, 2.45) is 0 Å². The van der Waals surface area contributed by atoms with Crippen LogP contribution < -0.4 is 25.2 Å². The van der Waals surface area contributed by atoms with E-state index in [2.05, 4.69) is 10.2 Å². The molecule has 0 bridgehead atoms. The van der Waals surface area contributed by atoms with Gasteiger partial charge in [0.25, 0.3) is 5.56 Å². The molecule has 1 aliphatic rings. The molecular weight excluding hydrogens is 484 g/mol. The second kappa shape index (κ2) is 9.74. The summed E-state index contributed by atoms with van der Waals surface area (Å²) in [7, 11) is 3.22. The molecule has 9 nitrogen and oxygen atoms in total. The lowest BCUT2D eigenvalue weighted by atomic mass is 10.1. The number of nitrogens with one attached hydrogen (secondary N) is 1. The molecule has 0 radical (unpaired) electrons. The molecule has 196 valence electrons. The molecule has 9 heteroatoms. The van der Waals surface area contributed by atoms with Gasteiger partial charge in [-0.3, -0.25) is 9.20 Å². The molecule has 0 aliphatic carbocycles. The third-order valence-electron chi connectivity index (χ3n) is 7.01. The fourth-order valence-corrected chi connectivity index (χ4v) is 5.09. The molecule has 1 aliphatic heterocycles. The van der Waals surface area contributed by atoms with Gasteiger partial charge in [-0.15, -0.1) is 0 Å². The standard InChI is InChI=1S/C29H30N4O5/c1-16-10-22(18(3)30-23-9-7-6-8-21(23)29(35)36)27-31-26(17(2)28(34)33(27)13-16)32-14-19-11-24(37-4)25(38-5)12-20(19)15-32/h6-13,18,30H,14-15H2,1-5H3,(H,35,36). The molecule has 0 saturated carbocycles. The number of ether oxygens (including phenoxy) is 2. The molecule has 2 aromatic heterocycles. The van der Waals surface area contributed by atoms with E-state index in [1.807, 2.05) is 32.0 Å². The van der Waals surface area contributed by atoms with Crippen molar-refractivity contribution in [1.82, 2.24) is 9.38 Å². The number of hydrogen-bond donors (Lipinski definition) is 2. The summed E-state index contributed by atoms with van der Waals surface area (Å²) in [5.41, 5.74) is 5.50. The number of pyridine rings is 1. The first-order valence-electron chi connectivity index (χ1n) is 12.3. The van der Waals surface area contributed by atoms with E-state index < -0.39 is 5.97 Å². The molecule has 2 aromatic carbocycles. The topological polar surface area (TPSA) is 105 Å². The van der Waals surface area contributed by atoms with Gasteiger partial charge in [0.2, 0.25) is 0 Å². The largest absolute Gasteiger partial charge is 0.493 e. The van der Waals surface area contributed by atoms with Crippen LogP contribution in [0.15, 0.2) is 53.5 Å².